The number of carbonyl (C=O) groups excluding carboxylic acids is 2. The van der Waals surface area contributed by atoms with Gasteiger partial charge in [0.2, 0.25) is 0 Å². The van der Waals surface area contributed by atoms with Crippen molar-refractivity contribution >= 4 is 28.3 Å². The molecule has 1 aliphatic heterocycles. The second-order valence-corrected chi connectivity index (χ2v) is 6.02. The summed E-state index contributed by atoms with van der Waals surface area (Å²) >= 11 is 1.34. The molecule has 0 atom stereocenters. The Balaban J connectivity index is 1.78. The molecule has 6 nitrogen and oxygen atoms in total. The molecule has 0 bridgehead atoms. The van der Waals surface area contributed by atoms with Gasteiger partial charge in [-0.1, -0.05) is 0 Å². The average Bonchev–Trinajstić information content (AvgIpc) is 2.87. The quantitative estimate of drug-likeness (QED) is 0.739. The van der Waals surface area contributed by atoms with Crippen LogP contribution in [-0.2, 0) is 20.7 Å². The van der Waals surface area contributed by atoms with Gasteiger partial charge in [-0.25, -0.2) is 4.98 Å². The zero-order valence-corrected chi connectivity index (χ0v) is 13.1. The van der Waals surface area contributed by atoms with E-state index in [0.717, 1.165) is 13.1 Å². The summed E-state index contributed by atoms with van der Waals surface area (Å²) in [5, 5.41) is 5.14. The first kappa shape index (κ1) is 15.9. The Morgan fingerprint density at radius 2 is 2.14 bits per heavy atom. The van der Waals surface area contributed by atoms with Gasteiger partial charge in [0.25, 0.3) is 5.91 Å². The Morgan fingerprint density at radius 1 is 1.38 bits per heavy atom. The van der Waals surface area contributed by atoms with E-state index in [1.165, 1.54) is 35.5 Å². The van der Waals surface area contributed by atoms with Crippen LogP contribution in [0.5, 0.6) is 0 Å². The number of hydrogen-bond acceptors (Lipinski definition) is 5. The van der Waals surface area contributed by atoms with Crippen molar-refractivity contribution < 1.29 is 19.2 Å². The number of nitrogens with one attached hydrogen (secondary N) is 2. The highest BCUT2D eigenvalue weighted by Crippen LogP contribution is 2.15. The van der Waals surface area contributed by atoms with Crippen molar-refractivity contribution in [2.45, 2.75) is 32.6 Å². The zero-order chi connectivity index (χ0) is 15.1. The summed E-state index contributed by atoms with van der Waals surface area (Å²) in [5.74, 6) is -0.303. The normalized spacial score (nSPS) is 15.7. The maximum atomic E-state index is 12.0. The van der Waals surface area contributed by atoms with Crippen molar-refractivity contribution in [1.82, 2.24) is 4.98 Å². The highest BCUT2D eigenvalue weighted by atomic mass is 32.1. The Bertz CT molecular complexity index is 484. The lowest BCUT2D eigenvalue weighted by Gasteiger charge is -2.22. The van der Waals surface area contributed by atoms with Crippen molar-refractivity contribution in [1.29, 1.82) is 0 Å². The molecule has 0 saturated carbocycles. The number of ether oxygens (including phenoxy) is 1. The molecule has 1 aliphatic rings. The van der Waals surface area contributed by atoms with Crippen LogP contribution in [-0.4, -0.2) is 43.1 Å². The monoisotopic (exact) mass is 312 g/mol. The van der Waals surface area contributed by atoms with Gasteiger partial charge in [-0.3, -0.25) is 14.9 Å². The fourth-order valence-electron chi connectivity index (χ4n) is 2.42. The molecule has 0 unspecified atom stereocenters. The van der Waals surface area contributed by atoms with Crippen LogP contribution >= 0.6 is 11.3 Å². The summed E-state index contributed by atoms with van der Waals surface area (Å²) in [4.78, 5) is 28.9. The van der Waals surface area contributed by atoms with Crippen LogP contribution < -0.4 is 10.2 Å². The van der Waals surface area contributed by atoms with Crippen molar-refractivity contribution in [3.8, 4) is 0 Å². The summed E-state index contributed by atoms with van der Waals surface area (Å²) in [6, 6.07) is 0. The third-order valence-corrected chi connectivity index (χ3v) is 4.21. The number of quaternary nitrogens is 1. The predicted octanol–water partition coefficient (Wildman–Crippen LogP) is 0.256. The SMILES string of the molecule is CCOC(=O)Cc1csc(NC(=O)C[NH+]2CCCCC2)n1. The minimum absolute atomic E-state index is 0.0102. The van der Waals surface area contributed by atoms with E-state index in [4.69, 9.17) is 4.74 Å². The molecule has 1 amide bonds. The summed E-state index contributed by atoms with van der Waals surface area (Å²) < 4.78 is 4.87. The number of aromatic nitrogens is 1. The van der Waals surface area contributed by atoms with E-state index in [1.807, 2.05) is 0 Å². The lowest BCUT2D eigenvalue weighted by molar-refractivity contribution is -0.896. The first-order chi connectivity index (χ1) is 10.2. The average molecular weight is 312 g/mol. The standard InChI is InChI=1S/C14H21N3O3S/c1-2-20-13(19)8-11-10-21-14(15-11)16-12(18)9-17-6-4-3-5-7-17/h10H,2-9H2,1H3,(H,15,16,18)/p+1. The van der Waals surface area contributed by atoms with Crippen LogP contribution in [0.2, 0.25) is 0 Å². The molecule has 21 heavy (non-hydrogen) atoms. The van der Waals surface area contributed by atoms with Gasteiger partial charge in [-0.05, 0) is 26.2 Å². The van der Waals surface area contributed by atoms with Gasteiger partial charge in [0, 0.05) is 5.38 Å². The van der Waals surface area contributed by atoms with Crippen LogP contribution in [0.3, 0.4) is 0 Å². The number of anilines is 1. The predicted molar refractivity (Wildman–Crippen MR) is 80.5 cm³/mol. The molecule has 116 valence electrons. The summed E-state index contributed by atoms with van der Waals surface area (Å²) in [7, 11) is 0. The van der Waals surface area contributed by atoms with Crippen LogP contribution in [0.4, 0.5) is 5.13 Å². The van der Waals surface area contributed by atoms with Gasteiger partial charge >= 0.3 is 5.97 Å². The molecule has 0 aliphatic carbocycles. The first-order valence-corrected chi connectivity index (χ1v) is 8.28. The maximum Gasteiger partial charge on any atom is 0.311 e. The molecule has 2 heterocycles. The molecule has 2 N–H and O–H groups in total. The third kappa shape index (κ3) is 5.43. The van der Waals surface area contributed by atoms with Crippen LogP contribution in [0.1, 0.15) is 31.9 Å². The summed E-state index contributed by atoms with van der Waals surface area (Å²) in [6.07, 6.45) is 3.82. The number of nitrogens with zero attached hydrogens (tertiary/aromatic N) is 1. The number of thiazole rings is 1. The number of likely N-dealkylation sites (tertiary alicyclic amines) is 1. The van der Waals surface area contributed by atoms with Gasteiger partial charge in [-0.15, -0.1) is 11.3 Å². The van der Waals surface area contributed by atoms with Gasteiger partial charge in [-0.2, -0.15) is 0 Å². The maximum absolute atomic E-state index is 12.0. The van der Waals surface area contributed by atoms with Gasteiger partial charge in [0.1, 0.15) is 0 Å². The lowest BCUT2D eigenvalue weighted by atomic mass is 10.1. The fraction of sp³-hybridized carbons (Fsp3) is 0.643. The van der Waals surface area contributed by atoms with Crippen molar-refractivity contribution in [3.05, 3.63) is 11.1 Å². The number of rotatable bonds is 6. The largest absolute Gasteiger partial charge is 0.466 e. The Morgan fingerprint density at radius 3 is 2.86 bits per heavy atom. The molecule has 0 spiro atoms. The Kier molecular flexibility index (Phi) is 6.13. The van der Waals surface area contributed by atoms with Gasteiger partial charge < -0.3 is 9.64 Å². The molecular formula is C14H22N3O3S+. The zero-order valence-electron chi connectivity index (χ0n) is 12.3. The van der Waals surface area contributed by atoms with E-state index < -0.39 is 0 Å². The van der Waals surface area contributed by atoms with Crippen LogP contribution in [0.25, 0.3) is 0 Å². The van der Waals surface area contributed by atoms with Crippen molar-refractivity contribution in [2.75, 3.05) is 31.6 Å². The van der Waals surface area contributed by atoms with E-state index in [9.17, 15) is 9.59 Å². The number of hydrogen-bond donors (Lipinski definition) is 2. The van der Waals surface area contributed by atoms with Crippen molar-refractivity contribution in [2.24, 2.45) is 0 Å². The van der Waals surface area contributed by atoms with E-state index in [-0.39, 0.29) is 18.3 Å². The van der Waals surface area contributed by atoms with Gasteiger partial charge in [0.15, 0.2) is 11.7 Å². The molecule has 1 aromatic rings. The molecule has 1 fully saturated rings. The second-order valence-electron chi connectivity index (χ2n) is 5.16. The highest BCUT2D eigenvalue weighted by molar-refractivity contribution is 7.13. The minimum Gasteiger partial charge on any atom is -0.466 e. The Hall–Kier alpha value is -1.47. The summed E-state index contributed by atoms with van der Waals surface area (Å²) in [6.45, 7) is 4.77. The van der Waals surface area contributed by atoms with E-state index in [1.54, 1.807) is 12.3 Å². The topological polar surface area (TPSA) is 72.7 Å². The molecule has 1 saturated heterocycles. The smallest absolute Gasteiger partial charge is 0.311 e. The number of esters is 1. The van der Waals surface area contributed by atoms with E-state index in [2.05, 4.69) is 10.3 Å². The molecule has 0 radical (unpaired) electrons. The number of piperidine rings is 1. The molecule has 7 heteroatoms. The third-order valence-electron chi connectivity index (χ3n) is 3.40. The molecule has 0 aromatic carbocycles. The summed E-state index contributed by atoms with van der Waals surface area (Å²) in [5.41, 5.74) is 0.638. The van der Waals surface area contributed by atoms with Crippen LogP contribution in [0, 0.1) is 0 Å². The first-order valence-electron chi connectivity index (χ1n) is 7.41. The number of carbonyl (C=O) groups is 2. The van der Waals surface area contributed by atoms with E-state index in [0.29, 0.717) is 24.0 Å². The van der Waals surface area contributed by atoms with Crippen LogP contribution in [0.15, 0.2) is 5.38 Å². The minimum atomic E-state index is -0.293. The number of amides is 1. The fourth-order valence-corrected chi connectivity index (χ4v) is 3.15. The van der Waals surface area contributed by atoms with Gasteiger partial charge in [0.05, 0.1) is 31.8 Å². The lowest BCUT2D eigenvalue weighted by Crippen LogP contribution is -3.13. The Labute approximate surface area is 128 Å². The highest BCUT2D eigenvalue weighted by Gasteiger charge is 2.18. The van der Waals surface area contributed by atoms with Crippen molar-refractivity contribution in [3.63, 3.8) is 0 Å². The van der Waals surface area contributed by atoms with E-state index >= 15 is 0 Å². The molecule has 1 aromatic heterocycles. The molecule has 2 rings (SSSR count). The second kappa shape index (κ2) is 8.09. The molecular weight excluding hydrogens is 290 g/mol.